The van der Waals surface area contributed by atoms with Crippen LogP contribution in [-0.4, -0.2) is 18.6 Å². The van der Waals surface area contributed by atoms with Gasteiger partial charge < -0.3 is 9.47 Å². The van der Waals surface area contributed by atoms with E-state index in [4.69, 9.17) is 43.3 Å². The lowest BCUT2D eigenvalue weighted by Gasteiger charge is -2.05. The average molecular weight is 271 g/mol. The lowest BCUT2D eigenvalue weighted by molar-refractivity contribution is 0.318. The Morgan fingerprint density at radius 3 is 2.88 bits per heavy atom. The number of nitriles is 1. The van der Waals surface area contributed by atoms with Gasteiger partial charge in [0, 0.05) is 15.6 Å². The van der Waals surface area contributed by atoms with Crippen LogP contribution in [0.2, 0.25) is 10.0 Å². The first kappa shape index (κ1) is 12.2. The van der Waals surface area contributed by atoms with E-state index in [1.54, 1.807) is 18.2 Å². The summed E-state index contributed by atoms with van der Waals surface area (Å²) in [6.45, 7) is 0. The molecule has 2 rings (SSSR count). The van der Waals surface area contributed by atoms with Crippen molar-refractivity contribution >= 4 is 29.1 Å². The number of epoxide rings is 1. The maximum absolute atomic E-state index is 9.08. The van der Waals surface area contributed by atoms with Gasteiger partial charge in [0.15, 0.2) is 0 Å². The topological polar surface area (TPSA) is 69.4 Å². The highest BCUT2D eigenvalue weighted by molar-refractivity contribution is 6.33. The molecule has 1 saturated heterocycles. The van der Waals surface area contributed by atoms with Crippen molar-refractivity contribution in [1.82, 2.24) is 0 Å². The predicted octanol–water partition coefficient (Wildman–Crippen LogP) is 2.95. The SMILES string of the molecule is COC(=N)[C@]1(C#N)O[C@@H]1c1cc(Cl)ccc1Cl. The molecule has 17 heavy (non-hydrogen) atoms. The van der Waals surface area contributed by atoms with Gasteiger partial charge in [-0.25, -0.2) is 0 Å². The number of rotatable bonds is 2. The third-order valence-corrected chi connectivity index (χ3v) is 3.14. The van der Waals surface area contributed by atoms with Gasteiger partial charge in [0.05, 0.1) is 7.11 Å². The zero-order valence-corrected chi connectivity index (χ0v) is 10.3. The molecule has 0 aliphatic carbocycles. The number of ether oxygens (including phenoxy) is 2. The Kier molecular flexibility index (Phi) is 3.00. The predicted molar refractivity (Wildman–Crippen MR) is 63.4 cm³/mol. The van der Waals surface area contributed by atoms with Crippen LogP contribution in [0.15, 0.2) is 18.2 Å². The molecule has 0 spiro atoms. The maximum Gasteiger partial charge on any atom is 0.260 e. The second-order valence-corrected chi connectivity index (χ2v) is 4.39. The van der Waals surface area contributed by atoms with E-state index in [-0.39, 0.29) is 5.90 Å². The Hall–Kier alpha value is -1.28. The molecular formula is C11H8Cl2N2O2. The molecule has 0 unspecified atom stereocenters. The molecule has 88 valence electrons. The second-order valence-electron chi connectivity index (χ2n) is 3.54. The lowest BCUT2D eigenvalue weighted by Crippen LogP contribution is -2.24. The van der Waals surface area contributed by atoms with Gasteiger partial charge >= 0.3 is 0 Å². The van der Waals surface area contributed by atoms with Crippen LogP contribution in [-0.2, 0) is 9.47 Å². The van der Waals surface area contributed by atoms with Crippen molar-refractivity contribution in [3.63, 3.8) is 0 Å². The lowest BCUT2D eigenvalue weighted by atomic mass is 10.0. The van der Waals surface area contributed by atoms with Gasteiger partial charge in [-0.05, 0) is 18.2 Å². The summed E-state index contributed by atoms with van der Waals surface area (Å²) >= 11 is 11.9. The second kappa shape index (κ2) is 4.19. The molecule has 1 N–H and O–H groups in total. The Balaban J connectivity index is 2.37. The summed E-state index contributed by atoms with van der Waals surface area (Å²) in [7, 11) is 1.32. The van der Waals surface area contributed by atoms with E-state index in [1.807, 2.05) is 6.07 Å². The molecule has 1 aromatic carbocycles. The van der Waals surface area contributed by atoms with E-state index < -0.39 is 11.7 Å². The van der Waals surface area contributed by atoms with Crippen molar-refractivity contribution in [2.45, 2.75) is 11.7 Å². The van der Waals surface area contributed by atoms with Crippen LogP contribution in [0.3, 0.4) is 0 Å². The molecule has 0 aromatic heterocycles. The Labute approximate surface area is 108 Å². The highest BCUT2D eigenvalue weighted by Gasteiger charge is 2.64. The molecule has 1 fully saturated rings. The van der Waals surface area contributed by atoms with E-state index in [9.17, 15) is 0 Å². The smallest absolute Gasteiger partial charge is 0.260 e. The first-order valence-corrected chi connectivity index (χ1v) is 5.48. The number of nitrogens with zero attached hydrogens (tertiary/aromatic N) is 1. The van der Waals surface area contributed by atoms with Crippen molar-refractivity contribution in [1.29, 1.82) is 10.7 Å². The van der Waals surface area contributed by atoms with Crippen molar-refractivity contribution < 1.29 is 9.47 Å². The van der Waals surface area contributed by atoms with Crippen molar-refractivity contribution in [2.75, 3.05) is 7.11 Å². The fourth-order valence-electron chi connectivity index (χ4n) is 1.61. The quantitative estimate of drug-likeness (QED) is 0.510. The molecule has 2 atom stereocenters. The third-order valence-electron chi connectivity index (χ3n) is 2.56. The Bertz CT molecular complexity index is 527. The zero-order valence-electron chi connectivity index (χ0n) is 8.83. The number of nitrogens with one attached hydrogen (secondary N) is 1. The van der Waals surface area contributed by atoms with Gasteiger partial charge in [0.2, 0.25) is 5.90 Å². The monoisotopic (exact) mass is 270 g/mol. The molecule has 0 amide bonds. The fraction of sp³-hybridized carbons (Fsp3) is 0.273. The minimum absolute atomic E-state index is 0.235. The Morgan fingerprint density at radius 2 is 2.29 bits per heavy atom. The average Bonchev–Trinajstić information content (AvgIpc) is 3.07. The largest absolute Gasteiger partial charge is 0.482 e. The van der Waals surface area contributed by atoms with Gasteiger partial charge in [0.1, 0.15) is 12.2 Å². The van der Waals surface area contributed by atoms with E-state index in [1.165, 1.54) is 7.11 Å². The minimum Gasteiger partial charge on any atom is -0.482 e. The van der Waals surface area contributed by atoms with Crippen LogP contribution in [0.1, 0.15) is 11.7 Å². The molecule has 1 aliphatic heterocycles. The van der Waals surface area contributed by atoms with E-state index in [0.29, 0.717) is 15.6 Å². The minimum atomic E-state index is -1.37. The van der Waals surface area contributed by atoms with Crippen molar-refractivity contribution in [3.8, 4) is 6.07 Å². The molecule has 1 aliphatic rings. The molecule has 0 saturated carbocycles. The zero-order chi connectivity index (χ0) is 12.6. The number of benzene rings is 1. The summed E-state index contributed by atoms with van der Waals surface area (Å²) in [5.41, 5.74) is -0.786. The molecule has 4 nitrogen and oxygen atoms in total. The van der Waals surface area contributed by atoms with Crippen LogP contribution in [0.4, 0.5) is 0 Å². The first-order chi connectivity index (χ1) is 8.05. The molecule has 0 radical (unpaired) electrons. The van der Waals surface area contributed by atoms with Gasteiger partial charge in [-0.1, -0.05) is 23.2 Å². The number of hydrogen-bond acceptors (Lipinski definition) is 4. The van der Waals surface area contributed by atoms with Gasteiger partial charge in [-0.3, -0.25) is 5.41 Å². The fourth-order valence-corrected chi connectivity index (χ4v) is 2.01. The van der Waals surface area contributed by atoms with E-state index in [2.05, 4.69) is 0 Å². The van der Waals surface area contributed by atoms with Crippen LogP contribution in [0, 0.1) is 16.7 Å². The summed E-state index contributed by atoms with van der Waals surface area (Å²) < 4.78 is 10.0. The van der Waals surface area contributed by atoms with Gasteiger partial charge in [-0.2, -0.15) is 5.26 Å². The standard InChI is InChI=1S/C11H8Cl2N2O2/c1-16-10(15)11(5-14)9(17-11)7-4-6(12)2-3-8(7)13/h2-4,9,15H,1H3/t9-,11-/m1/s1. The van der Waals surface area contributed by atoms with Crippen LogP contribution in [0.5, 0.6) is 0 Å². The molecule has 6 heteroatoms. The summed E-state index contributed by atoms with van der Waals surface area (Å²) in [6, 6.07) is 6.82. The maximum atomic E-state index is 9.08. The van der Waals surface area contributed by atoms with Gasteiger partial charge in [-0.15, -0.1) is 0 Å². The van der Waals surface area contributed by atoms with E-state index >= 15 is 0 Å². The molecule has 0 bridgehead atoms. The number of hydrogen-bond donors (Lipinski definition) is 1. The van der Waals surface area contributed by atoms with E-state index in [0.717, 1.165) is 0 Å². The molecular weight excluding hydrogens is 263 g/mol. The number of halogens is 2. The van der Waals surface area contributed by atoms with Crippen LogP contribution < -0.4 is 0 Å². The highest BCUT2D eigenvalue weighted by atomic mass is 35.5. The summed E-state index contributed by atoms with van der Waals surface area (Å²) in [5.74, 6) is -0.235. The van der Waals surface area contributed by atoms with Crippen molar-refractivity contribution in [3.05, 3.63) is 33.8 Å². The molecule has 1 aromatic rings. The first-order valence-electron chi connectivity index (χ1n) is 4.72. The Morgan fingerprint density at radius 1 is 1.59 bits per heavy atom. The molecule has 1 heterocycles. The summed E-state index contributed by atoms with van der Waals surface area (Å²) in [5, 5.41) is 17.6. The summed E-state index contributed by atoms with van der Waals surface area (Å²) in [6.07, 6.45) is -0.605. The van der Waals surface area contributed by atoms with Crippen LogP contribution >= 0.6 is 23.2 Å². The van der Waals surface area contributed by atoms with Gasteiger partial charge in [0.25, 0.3) is 5.60 Å². The summed E-state index contributed by atoms with van der Waals surface area (Å²) in [4.78, 5) is 0. The third kappa shape index (κ3) is 1.87. The van der Waals surface area contributed by atoms with Crippen LogP contribution in [0.25, 0.3) is 0 Å². The highest BCUT2D eigenvalue weighted by Crippen LogP contribution is 2.52. The van der Waals surface area contributed by atoms with Crippen molar-refractivity contribution in [2.24, 2.45) is 0 Å². The normalized spacial score (nSPS) is 26.1. The number of methoxy groups -OCH3 is 1.